The van der Waals surface area contributed by atoms with Gasteiger partial charge in [-0.1, -0.05) is 18.2 Å². The number of nitrogens with zero attached hydrogens (tertiary/aromatic N) is 3. The molecule has 0 spiro atoms. The van der Waals surface area contributed by atoms with Crippen LogP contribution in [0.1, 0.15) is 33.9 Å². The monoisotopic (exact) mass is 490 g/mol. The van der Waals surface area contributed by atoms with Crippen molar-refractivity contribution in [3.63, 3.8) is 0 Å². The van der Waals surface area contributed by atoms with Crippen molar-refractivity contribution in [3.8, 4) is 5.75 Å². The first-order valence-electron chi connectivity index (χ1n) is 10.9. The molecule has 0 bridgehead atoms. The van der Waals surface area contributed by atoms with E-state index in [0.717, 1.165) is 4.88 Å². The van der Waals surface area contributed by atoms with Crippen LogP contribution in [0.5, 0.6) is 5.75 Å². The molecule has 0 aliphatic carbocycles. The fraction of sp³-hybridized carbons (Fsp3) is 0.154. The molecule has 1 unspecified atom stereocenters. The molecule has 35 heavy (non-hydrogen) atoms. The number of anilines is 1. The Morgan fingerprint density at radius 1 is 1.09 bits per heavy atom. The highest BCUT2D eigenvalue weighted by atomic mass is 32.1. The van der Waals surface area contributed by atoms with Crippen LogP contribution in [0, 0.1) is 5.82 Å². The van der Waals surface area contributed by atoms with Gasteiger partial charge in [0, 0.05) is 23.0 Å². The summed E-state index contributed by atoms with van der Waals surface area (Å²) >= 11 is 1.48. The average molecular weight is 491 g/mol. The lowest BCUT2D eigenvalue weighted by Gasteiger charge is -2.31. The maximum Gasteiger partial charge on any atom is 0.275 e. The van der Waals surface area contributed by atoms with E-state index in [0.29, 0.717) is 23.6 Å². The van der Waals surface area contributed by atoms with Gasteiger partial charge in [-0.15, -0.1) is 11.3 Å². The molecule has 1 N–H and O–H groups in total. The maximum atomic E-state index is 13.7. The molecule has 4 rings (SSSR count). The number of carbonyl (C=O) groups is 2. The molecule has 0 aliphatic heterocycles. The zero-order valence-corrected chi connectivity index (χ0v) is 19.7. The Morgan fingerprint density at radius 2 is 1.86 bits per heavy atom. The number of carbonyl (C=O) groups excluding carboxylic acids is 2. The van der Waals surface area contributed by atoms with E-state index in [1.807, 2.05) is 24.4 Å². The van der Waals surface area contributed by atoms with E-state index in [1.54, 1.807) is 24.3 Å². The lowest BCUT2D eigenvalue weighted by Crippen LogP contribution is -2.41. The van der Waals surface area contributed by atoms with Gasteiger partial charge in [0.15, 0.2) is 0 Å². The van der Waals surface area contributed by atoms with Crippen LogP contribution in [0.15, 0.2) is 84.6 Å². The Morgan fingerprint density at radius 3 is 2.49 bits per heavy atom. The highest BCUT2D eigenvalue weighted by Crippen LogP contribution is 2.29. The minimum atomic E-state index is -1.01. The second kappa shape index (κ2) is 11.3. The quantitative estimate of drug-likeness (QED) is 0.353. The van der Waals surface area contributed by atoms with Crippen molar-refractivity contribution in [2.24, 2.45) is 0 Å². The summed E-state index contributed by atoms with van der Waals surface area (Å²) in [5.74, 6) is -0.656. The molecular formula is C26H23FN4O3S. The number of thiophene rings is 1. The van der Waals surface area contributed by atoms with Crippen LogP contribution in [0.2, 0.25) is 0 Å². The van der Waals surface area contributed by atoms with Crippen LogP contribution >= 0.6 is 11.3 Å². The van der Waals surface area contributed by atoms with Crippen molar-refractivity contribution in [1.82, 2.24) is 14.9 Å². The molecule has 4 aromatic rings. The molecule has 0 fully saturated rings. The average Bonchev–Trinajstić information content (AvgIpc) is 3.40. The molecule has 178 valence electrons. The van der Waals surface area contributed by atoms with Gasteiger partial charge in [-0.2, -0.15) is 0 Å². The predicted octanol–water partition coefficient (Wildman–Crippen LogP) is 5.10. The number of aromatic nitrogens is 2. The molecule has 2 amide bonds. The third-order valence-corrected chi connectivity index (χ3v) is 5.99. The van der Waals surface area contributed by atoms with Gasteiger partial charge in [-0.3, -0.25) is 14.6 Å². The van der Waals surface area contributed by atoms with Crippen LogP contribution in [0.3, 0.4) is 0 Å². The molecule has 7 nitrogen and oxygen atoms in total. The number of nitrogens with one attached hydrogen (secondary N) is 1. The number of halogens is 1. The second-order valence-electron chi connectivity index (χ2n) is 7.50. The first-order chi connectivity index (χ1) is 17.0. The summed E-state index contributed by atoms with van der Waals surface area (Å²) in [6, 6.07) is 15.3. The zero-order chi connectivity index (χ0) is 24.6. The van der Waals surface area contributed by atoms with Crippen LogP contribution in [-0.2, 0) is 11.3 Å². The first kappa shape index (κ1) is 24.0. The number of ether oxygens (including phenoxy) is 1. The third kappa shape index (κ3) is 6.07. The maximum absolute atomic E-state index is 13.7. The summed E-state index contributed by atoms with van der Waals surface area (Å²) in [5.41, 5.74) is 1.12. The van der Waals surface area contributed by atoms with E-state index in [-0.39, 0.29) is 12.2 Å². The molecule has 2 aromatic carbocycles. The van der Waals surface area contributed by atoms with Gasteiger partial charge >= 0.3 is 0 Å². The summed E-state index contributed by atoms with van der Waals surface area (Å²) in [6.07, 6.45) is 4.28. The molecule has 1 atom stereocenters. The van der Waals surface area contributed by atoms with Crippen LogP contribution in [0.25, 0.3) is 0 Å². The van der Waals surface area contributed by atoms with Crippen molar-refractivity contribution >= 4 is 28.8 Å². The van der Waals surface area contributed by atoms with E-state index in [9.17, 15) is 14.0 Å². The Hall–Kier alpha value is -4.11. The number of hydrogen-bond acceptors (Lipinski definition) is 6. The highest BCUT2D eigenvalue weighted by molar-refractivity contribution is 7.09. The van der Waals surface area contributed by atoms with Crippen molar-refractivity contribution in [2.75, 3.05) is 11.9 Å². The van der Waals surface area contributed by atoms with E-state index < -0.39 is 23.7 Å². The van der Waals surface area contributed by atoms with E-state index in [4.69, 9.17) is 4.74 Å². The van der Waals surface area contributed by atoms with Crippen molar-refractivity contribution in [3.05, 3.63) is 107 Å². The van der Waals surface area contributed by atoms with Gasteiger partial charge in [-0.25, -0.2) is 9.37 Å². The minimum absolute atomic E-state index is 0.120. The van der Waals surface area contributed by atoms with Crippen molar-refractivity contribution in [1.29, 1.82) is 0 Å². The molecule has 0 radical (unpaired) electrons. The fourth-order valence-electron chi connectivity index (χ4n) is 3.54. The first-order valence-corrected chi connectivity index (χ1v) is 11.8. The van der Waals surface area contributed by atoms with Gasteiger partial charge in [0.1, 0.15) is 23.3 Å². The van der Waals surface area contributed by atoms with E-state index in [1.165, 1.54) is 59.1 Å². The Kier molecular flexibility index (Phi) is 7.79. The highest BCUT2D eigenvalue weighted by Gasteiger charge is 2.33. The Labute approximate surface area is 206 Å². The molecule has 0 saturated heterocycles. The number of hydrogen-bond donors (Lipinski definition) is 1. The third-order valence-electron chi connectivity index (χ3n) is 5.13. The predicted molar refractivity (Wildman–Crippen MR) is 132 cm³/mol. The van der Waals surface area contributed by atoms with E-state index >= 15 is 0 Å². The topological polar surface area (TPSA) is 84.4 Å². The van der Waals surface area contributed by atoms with Crippen LogP contribution in [-0.4, -0.2) is 33.3 Å². The summed E-state index contributed by atoms with van der Waals surface area (Å²) in [7, 11) is 0. The molecule has 2 heterocycles. The van der Waals surface area contributed by atoms with Gasteiger partial charge in [0.05, 0.1) is 19.3 Å². The van der Waals surface area contributed by atoms with Gasteiger partial charge < -0.3 is 15.0 Å². The van der Waals surface area contributed by atoms with Crippen molar-refractivity contribution in [2.45, 2.75) is 19.5 Å². The molecule has 2 aromatic heterocycles. The lowest BCUT2D eigenvalue weighted by atomic mass is 10.0. The van der Waals surface area contributed by atoms with Crippen molar-refractivity contribution < 1.29 is 18.7 Å². The molecule has 9 heteroatoms. The van der Waals surface area contributed by atoms with Crippen LogP contribution in [0.4, 0.5) is 10.1 Å². The second-order valence-corrected chi connectivity index (χ2v) is 8.54. The number of amides is 2. The normalized spacial score (nSPS) is 11.5. The smallest absolute Gasteiger partial charge is 0.275 e. The fourth-order valence-corrected chi connectivity index (χ4v) is 4.24. The summed E-state index contributed by atoms with van der Waals surface area (Å²) < 4.78 is 18.9. The zero-order valence-electron chi connectivity index (χ0n) is 18.9. The lowest BCUT2D eigenvalue weighted by molar-refractivity contribution is -0.121. The largest absolute Gasteiger partial charge is 0.494 e. The minimum Gasteiger partial charge on any atom is -0.494 e. The molecular weight excluding hydrogens is 467 g/mol. The standard InChI is InChI=1S/C26H23FN4O3S/c1-2-34-21-11-5-18(6-12-21)24(25(32)30-20-9-7-19(27)8-10-20)31(17-22-4-3-15-35-22)26(33)23-16-28-13-14-29-23/h3-16,24H,2,17H2,1H3,(H,30,32). The van der Waals surface area contributed by atoms with Gasteiger partial charge in [-0.05, 0) is 60.3 Å². The van der Waals surface area contributed by atoms with Gasteiger partial charge in [0.25, 0.3) is 11.8 Å². The molecule has 0 saturated carbocycles. The van der Waals surface area contributed by atoms with E-state index in [2.05, 4.69) is 15.3 Å². The van der Waals surface area contributed by atoms with Crippen LogP contribution < -0.4 is 10.1 Å². The Bertz CT molecular complexity index is 1250. The molecule has 0 aliphatic rings. The van der Waals surface area contributed by atoms with Gasteiger partial charge in [0.2, 0.25) is 0 Å². The summed E-state index contributed by atoms with van der Waals surface area (Å²) in [6.45, 7) is 2.57. The summed E-state index contributed by atoms with van der Waals surface area (Å²) in [5, 5.41) is 4.72. The summed E-state index contributed by atoms with van der Waals surface area (Å²) in [4.78, 5) is 37.8. The Balaban J connectivity index is 1.75. The number of rotatable bonds is 9. The number of benzene rings is 2. The SMILES string of the molecule is CCOc1ccc(C(C(=O)Nc2ccc(F)cc2)N(Cc2cccs2)C(=O)c2cnccn2)cc1.